The van der Waals surface area contributed by atoms with E-state index >= 15 is 0 Å². The van der Waals surface area contributed by atoms with Crippen LogP contribution in [0.5, 0.6) is 0 Å². The minimum absolute atomic E-state index is 0.0984. The van der Waals surface area contributed by atoms with Crippen LogP contribution in [-0.2, 0) is 28.5 Å². The molecule has 3 fully saturated rings. The monoisotopic (exact) mass is 979 g/mol. The number of carbonyl (C=O) groups excluding carboxylic acids is 2. The van der Waals surface area contributed by atoms with Crippen molar-refractivity contribution in [3.63, 3.8) is 0 Å². The highest BCUT2D eigenvalue weighted by Gasteiger charge is 2.51. The van der Waals surface area contributed by atoms with Crippen molar-refractivity contribution in [1.82, 2.24) is 5.32 Å². The Balaban J connectivity index is 1.58. The summed E-state index contributed by atoms with van der Waals surface area (Å²) in [5, 5.41) is 122. The van der Waals surface area contributed by atoms with Crippen LogP contribution in [0.25, 0.3) is 0 Å². The second kappa shape index (κ2) is 29.1. The van der Waals surface area contributed by atoms with Crippen molar-refractivity contribution in [1.29, 1.82) is 0 Å². The number of cyclic esters (lactones) is 1. The van der Waals surface area contributed by atoms with Gasteiger partial charge in [0.1, 0.15) is 12.2 Å². The molecule has 0 aromatic rings. The molecule has 0 spiro atoms. The van der Waals surface area contributed by atoms with Gasteiger partial charge in [0.25, 0.3) is 0 Å². The summed E-state index contributed by atoms with van der Waals surface area (Å²) >= 11 is 0. The lowest BCUT2D eigenvalue weighted by atomic mass is 9.82. The van der Waals surface area contributed by atoms with Crippen molar-refractivity contribution in [2.24, 2.45) is 17.6 Å². The number of rotatable bonds is 4. The highest BCUT2D eigenvalue weighted by molar-refractivity contribution is 5.80. The lowest BCUT2D eigenvalue weighted by Gasteiger charge is -2.46. The van der Waals surface area contributed by atoms with E-state index in [9.17, 15) is 65.8 Å². The third kappa shape index (κ3) is 19.9. The molecule has 0 aromatic carbocycles. The number of ether oxygens (including phenoxy) is 4. The standard InChI is InChI=1S/C50H78N2O17/c1-30-16-13-11-9-7-5-3-4-6-8-10-12-14-17-35(68-49-47(63)46(51)42(61)29-66-49)26-43-45(48(64)52-36-18-15-19-37(36)56)41(60)28-50(65,69-43)27-34(55)24-40(59)38(57)21-20-32(53)23-33(54)25-44(62)67-31(2)22-39(30)58/h3-14,16-17,30-43,45-47,49,53-61,63,65H,15,18-29,51H2,1-2H3,(H,52,64)/b4-3+,7-5+,8-6+,11-9+,12-10+,16-13+,17-14+/t30-,31-,32?,33?,34?,35?,36?,37+,38?,39-,40?,41-,42+,43-,45?,46-,47-,49-,50?/m0/s1. The largest absolute Gasteiger partial charge is 0.462 e. The molecule has 2 saturated heterocycles. The Morgan fingerprint density at radius 2 is 1.29 bits per heavy atom. The SMILES string of the molecule is C[C@H]1C[C@H](O)[C@@H](C)/C=C/C=C/C=C/C=C/C=C/C=C/C=C/C(O[C@@H]2OC[C@@H](O)[C@H](N)[C@@H]2O)C[C@@H]2OC(O)(CC(O)CC(O)C(O)CCC(O)CC(O)CC(=O)O1)C[C@H](O)C2C(=O)NC1CCC[C@H]1O. The molecule has 2 bridgehead atoms. The maximum atomic E-state index is 13.9. The van der Waals surface area contributed by atoms with Crippen molar-refractivity contribution < 1.29 is 84.7 Å². The predicted molar refractivity (Wildman–Crippen MR) is 252 cm³/mol. The summed E-state index contributed by atoms with van der Waals surface area (Å²) in [7, 11) is 0. The molecule has 1 saturated carbocycles. The first-order valence-electron chi connectivity index (χ1n) is 24.2. The zero-order valence-electron chi connectivity index (χ0n) is 39.6. The lowest BCUT2D eigenvalue weighted by molar-refractivity contribution is -0.304. The maximum absolute atomic E-state index is 13.9. The van der Waals surface area contributed by atoms with Crippen LogP contribution in [0.15, 0.2) is 85.1 Å². The number of nitrogens with one attached hydrogen (secondary N) is 1. The van der Waals surface area contributed by atoms with E-state index in [1.54, 1.807) is 61.6 Å². The first-order chi connectivity index (χ1) is 32.7. The second-order valence-corrected chi connectivity index (χ2v) is 19.0. The summed E-state index contributed by atoms with van der Waals surface area (Å²) in [6, 6.07) is -1.71. The molecule has 3 heterocycles. The predicted octanol–water partition coefficient (Wildman–Crippen LogP) is 0.0222. The number of nitrogens with two attached hydrogens (primary N) is 1. The topological polar surface area (TPSA) is 332 Å². The normalized spacial score (nSPS) is 44.6. The van der Waals surface area contributed by atoms with Crippen LogP contribution in [0.3, 0.4) is 0 Å². The highest BCUT2D eigenvalue weighted by Crippen LogP contribution is 2.38. The molecule has 69 heavy (non-hydrogen) atoms. The summed E-state index contributed by atoms with van der Waals surface area (Å²) in [5.41, 5.74) is 6.02. The average Bonchev–Trinajstić information content (AvgIpc) is 3.67. The first kappa shape index (κ1) is 58.1. The van der Waals surface area contributed by atoms with Gasteiger partial charge in [0.2, 0.25) is 5.91 Å². The molecule has 9 unspecified atom stereocenters. The Bertz CT molecular complexity index is 1770. The van der Waals surface area contributed by atoms with E-state index in [4.69, 9.17) is 24.7 Å². The van der Waals surface area contributed by atoms with Gasteiger partial charge < -0.3 is 86.2 Å². The fourth-order valence-corrected chi connectivity index (χ4v) is 8.90. The van der Waals surface area contributed by atoms with E-state index in [1.807, 2.05) is 37.3 Å². The summed E-state index contributed by atoms with van der Waals surface area (Å²) in [5.74, 6) is -5.28. The number of allylic oxidation sites excluding steroid dienone is 12. The van der Waals surface area contributed by atoms with Gasteiger partial charge >= 0.3 is 5.97 Å². The van der Waals surface area contributed by atoms with Crippen molar-refractivity contribution >= 4 is 11.9 Å². The molecule has 14 N–H and O–H groups in total. The van der Waals surface area contributed by atoms with Crippen molar-refractivity contribution in [2.75, 3.05) is 6.61 Å². The lowest BCUT2D eigenvalue weighted by Crippen LogP contribution is -2.60. The molecule has 4 aliphatic rings. The third-order valence-electron chi connectivity index (χ3n) is 12.9. The number of amides is 1. The van der Waals surface area contributed by atoms with Gasteiger partial charge in [0.05, 0.1) is 98.2 Å². The number of hydrogen-bond acceptors (Lipinski definition) is 18. The Hall–Kier alpha value is -3.48. The van der Waals surface area contributed by atoms with E-state index < -0.39 is 147 Å². The van der Waals surface area contributed by atoms with Crippen LogP contribution in [0, 0.1) is 11.8 Å². The zero-order chi connectivity index (χ0) is 50.7. The molecule has 4 rings (SSSR count). The molecule has 390 valence electrons. The Morgan fingerprint density at radius 3 is 1.91 bits per heavy atom. The smallest absolute Gasteiger partial charge is 0.308 e. The number of carbonyl (C=O) groups is 2. The molecule has 1 aliphatic carbocycles. The van der Waals surface area contributed by atoms with Crippen LogP contribution >= 0.6 is 0 Å². The van der Waals surface area contributed by atoms with E-state index in [0.29, 0.717) is 19.3 Å². The van der Waals surface area contributed by atoms with Crippen LogP contribution in [0.2, 0.25) is 0 Å². The molecule has 0 radical (unpaired) electrons. The van der Waals surface area contributed by atoms with Gasteiger partial charge in [-0.05, 0) is 45.4 Å². The zero-order valence-corrected chi connectivity index (χ0v) is 39.6. The summed E-state index contributed by atoms with van der Waals surface area (Å²) in [6.07, 6.45) is 6.29. The van der Waals surface area contributed by atoms with E-state index in [2.05, 4.69) is 5.32 Å². The fraction of sp³-hybridized carbons (Fsp3) is 0.680. The van der Waals surface area contributed by atoms with Gasteiger partial charge in [-0.3, -0.25) is 9.59 Å². The second-order valence-electron chi connectivity index (χ2n) is 19.0. The number of hydrogen-bond donors (Lipinski definition) is 13. The number of aliphatic hydroxyl groups is 11. The number of esters is 1. The minimum Gasteiger partial charge on any atom is -0.462 e. The molecule has 3 aliphatic heterocycles. The van der Waals surface area contributed by atoms with Crippen LogP contribution in [-0.4, -0.2) is 178 Å². The molecule has 19 heteroatoms. The molecule has 19 nitrogen and oxygen atoms in total. The van der Waals surface area contributed by atoms with Crippen LogP contribution in [0.4, 0.5) is 0 Å². The molecular weight excluding hydrogens is 901 g/mol. The Morgan fingerprint density at radius 1 is 0.667 bits per heavy atom. The minimum atomic E-state index is -2.29. The fourth-order valence-electron chi connectivity index (χ4n) is 8.90. The highest BCUT2D eigenvalue weighted by atomic mass is 16.7. The van der Waals surface area contributed by atoms with Crippen molar-refractivity contribution in [3.05, 3.63) is 85.1 Å². The van der Waals surface area contributed by atoms with E-state index in [0.717, 1.165) is 0 Å². The van der Waals surface area contributed by atoms with E-state index in [1.165, 1.54) is 0 Å². The third-order valence-corrected chi connectivity index (χ3v) is 12.9. The summed E-state index contributed by atoms with van der Waals surface area (Å²) < 4.78 is 23.3. The average molecular weight is 979 g/mol. The van der Waals surface area contributed by atoms with Crippen LogP contribution in [0.1, 0.15) is 90.9 Å². The number of fused-ring (bicyclic) bond motifs is 2. The van der Waals surface area contributed by atoms with Gasteiger partial charge in [-0.25, -0.2) is 0 Å². The van der Waals surface area contributed by atoms with Gasteiger partial charge in [0.15, 0.2) is 12.1 Å². The van der Waals surface area contributed by atoms with Gasteiger partial charge in [-0.1, -0.05) is 92.0 Å². The molecule has 19 atom stereocenters. The van der Waals surface area contributed by atoms with Crippen molar-refractivity contribution in [2.45, 2.75) is 194 Å². The molecule has 1 amide bonds. The Kier molecular flexibility index (Phi) is 24.5. The van der Waals surface area contributed by atoms with Crippen LogP contribution < -0.4 is 11.1 Å². The quantitative estimate of drug-likeness (QED) is 0.165. The van der Waals surface area contributed by atoms with Gasteiger partial charge in [-0.2, -0.15) is 0 Å². The summed E-state index contributed by atoms with van der Waals surface area (Å²) in [4.78, 5) is 26.5. The van der Waals surface area contributed by atoms with Gasteiger partial charge in [0, 0.05) is 38.0 Å². The number of aliphatic hydroxyl groups excluding tert-OH is 10. The van der Waals surface area contributed by atoms with E-state index in [-0.39, 0.29) is 44.6 Å². The first-order valence-corrected chi connectivity index (χ1v) is 24.2. The maximum Gasteiger partial charge on any atom is 0.308 e. The summed E-state index contributed by atoms with van der Waals surface area (Å²) in [6.45, 7) is 3.20. The molecular formula is C50H78N2O17. The Labute approximate surface area is 404 Å². The molecule has 0 aromatic heterocycles. The van der Waals surface area contributed by atoms with Gasteiger partial charge in [-0.15, -0.1) is 0 Å². The van der Waals surface area contributed by atoms with Crippen molar-refractivity contribution in [3.8, 4) is 0 Å².